The lowest BCUT2D eigenvalue weighted by Gasteiger charge is -2.39. The van der Waals surface area contributed by atoms with Crippen LogP contribution in [-0.4, -0.2) is 92.4 Å². The Balaban J connectivity index is 0.00000256. The summed E-state index contributed by atoms with van der Waals surface area (Å²) in [5.41, 5.74) is 0.135. The van der Waals surface area contributed by atoms with E-state index in [-0.39, 0.29) is 36.1 Å². The highest BCUT2D eigenvalue weighted by Crippen LogP contribution is 2.34. The normalized spacial score (nSPS) is 18.5. The predicted octanol–water partition coefficient (Wildman–Crippen LogP) is 2.97. The Hall–Kier alpha value is -1.75. The molecule has 2 aliphatic heterocycles. The standard InChI is InChI=1S/C20H27F3N4O3.2ClH/c1-24-7-5-14(6-8-24)27(19(30)20(21,22)23)17-13-15(3-4-16(17)18(28)29)26-11-9-25(2)10-12-26;;/h3-4,13-14H,5-12H2,1-2H3,(H,28,29);2*1H. The molecule has 1 aromatic carbocycles. The van der Waals surface area contributed by atoms with Crippen LogP contribution in [-0.2, 0) is 4.79 Å². The van der Waals surface area contributed by atoms with Crippen molar-refractivity contribution in [3.8, 4) is 0 Å². The van der Waals surface area contributed by atoms with Gasteiger partial charge in [0.1, 0.15) is 0 Å². The van der Waals surface area contributed by atoms with Gasteiger partial charge in [-0.2, -0.15) is 13.2 Å². The van der Waals surface area contributed by atoms with Gasteiger partial charge in [0, 0.05) is 37.9 Å². The van der Waals surface area contributed by atoms with E-state index in [1.54, 1.807) is 6.07 Å². The SMILES string of the molecule is CN1CCC(N(C(=O)C(F)(F)F)c2cc(N3CCN(C)CC3)ccc2C(=O)O)CC1.Cl.Cl. The predicted molar refractivity (Wildman–Crippen MR) is 122 cm³/mol. The molecule has 2 fully saturated rings. The minimum absolute atomic E-state index is 0. The van der Waals surface area contributed by atoms with E-state index in [1.807, 2.05) is 23.9 Å². The first-order valence-electron chi connectivity index (χ1n) is 9.97. The lowest BCUT2D eigenvalue weighted by atomic mass is 10.00. The number of carboxylic acid groups (broad SMARTS) is 1. The Labute approximate surface area is 197 Å². The van der Waals surface area contributed by atoms with Gasteiger partial charge < -0.3 is 24.7 Å². The second-order valence-electron chi connectivity index (χ2n) is 8.00. The number of carboxylic acids is 1. The largest absolute Gasteiger partial charge is 0.478 e. The van der Waals surface area contributed by atoms with Crippen molar-refractivity contribution in [2.75, 3.05) is 63.2 Å². The number of alkyl halides is 3. The molecule has 0 saturated carbocycles. The topological polar surface area (TPSA) is 67.3 Å². The van der Waals surface area contributed by atoms with E-state index in [0.717, 1.165) is 13.1 Å². The second-order valence-corrected chi connectivity index (χ2v) is 8.00. The molecular formula is C20H29Cl2F3N4O3. The maximum atomic E-state index is 13.5. The number of aromatic carboxylic acids is 1. The number of hydrogen-bond donors (Lipinski definition) is 1. The van der Waals surface area contributed by atoms with Crippen LogP contribution in [0.15, 0.2) is 18.2 Å². The number of nitrogens with zero attached hydrogens (tertiary/aromatic N) is 4. The minimum Gasteiger partial charge on any atom is -0.478 e. The van der Waals surface area contributed by atoms with E-state index in [0.29, 0.717) is 49.6 Å². The highest BCUT2D eigenvalue weighted by Gasteiger charge is 2.46. The molecule has 7 nitrogen and oxygen atoms in total. The molecule has 0 aliphatic carbocycles. The summed E-state index contributed by atoms with van der Waals surface area (Å²) >= 11 is 0. The van der Waals surface area contributed by atoms with Crippen molar-refractivity contribution in [2.45, 2.75) is 25.1 Å². The summed E-state index contributed by atoms with van der Waals surface area (Å²) in [6.07, 6.45) is -4.41. The van der Waals surface area contributed by atoms with E-state index in [2.05, 4.69) is 4.90 Å². The Kier molecular flexibility index (Phi) is 10.1. The molecule has 0 atom stereocenters. The van der Waals surface area contributed by atoms with Gasteiger partial charge in [0.2, 0.25) is 0 Å². The maximum Gasteiger partial charge on any atom is 0.471 e. The van der Waals surface area contributed by atoms with Gasteiger partial charge in [-0.25, -0.2) is 4.79 Å². The Bertz CT molecular complexity index is 797. The molecule has 1 amide bonds. The number of carbonyl (C=O) groups excluding carboxylic acids is 1. The second kappa shape index (κ2) is 11.4. The number of piperidine rings is 1. The zero-order valence-corrected chi connectivity index (χ0v) is 19.6. The van der Waals surface area contributed by atoms with E-state index < -0.39 is 24.1 Å². The number of piperazine rings is 1. The van der Waals surface area contributed by atoms with Gasteiger partial charge in [-0.05, 0) is 58.2 Å². The van der Waals surface area contributed by atoms with E-state index in [9.17, 15) is 27.9 Å². The zero-order valence-electron chi connectivity index (χ0n) is 18.0. The van der Waals surface area contributed by atoms with Gasteiger partial charge in [-0.3, -0.25) is 4.79 Å². The number of hydrogen-bond acceptors (Lipinski definition) is 5. The molecule has 3 rings (SSSR count). The zero-order chi connectivity index (χ0) is 22.1. The number of carbonyl (C=O) groups is 2. The average molecular weight is 501 g/mol. The first kappa shape index (κ1) is 28.3. The van der Waals surface area contributed by atoms with Gasteiger partial charge in [0.05, 0.1) is 11.3 Å². The van der Waals surface area contributed by atoms with Gasteiger partial charge in [0.25, 0.3) is 0 Å². The van der Waals surface area contributed by atoms with Gasteiger partial charge in [-0.15, -0.1) is 24.8 Å². The highest BCUT2D eigenvalue weighted by atomic mass is 35.5. The molecule has 32 heavy (non-hydrogen) atoms. The first-order valence-corrected chi connectivity index (χ1v) is 9.97. The van der Waals surface area contributed by atoms with Gasteiger partial charge in [-0.1, -0.05) is 0 Å². The van der Waals surface area contributed by atoms with Crippen LogP contribution in [0.5, 0.6) is 0 Å². The molecule has 0 aromatic heterocycles. The summed E-state index contributed by atoms with van der Waals surface area (Å²) in [7, 11) is 3.85. The van der Waals surface area contributed by atoms with Crippen molar-refractivity contribution in [2.24, 2.45) is 0 Å². The van der Waals surface area contributed by atoms with Crippen molar-refractivity contribution in [3.63, 3.8) is 0 Å². The average Bonchev–Trinajstić information content (AvgIpc) is 2.69. The van der Waals surface area contributed by atoms with Crippen molar-refractivity contribution in [1.29, 1.82) is 0 Å². The summed E-state index contributed by atoms with van der Waals surface area (Å²) < 4.78 is 40.4. The molecule has 1 N–H and O–H groups in total. The molecule has 0 spiro atoms. The summed E-state index contributed by atoms with van der Waals surface area (Å²) in [4.78, 5) is 31.0. The smallest absolute Gasteiger partial charge is 0.471 e. The number of likely N-dealkylation sites (N-methyl/N-ethyl adjacent to an activating group) is 1. The van der Waals surface area contributed by atoms with Crippen molar-refractivity contribution in [1.82, 2.24) is 9.80 Å². The Morgan fingerprint density at radius 2 is 1.50 bits per heavy atom. The number of rotatable bonds is 4. The lowest BCUT2D eigenvalue weighted by molar-refractivity contribution is -0.171. The van der Waals surface area contributed by atoms with Crippen molar-refractivity contribution >= 4 is 48.1 Å². The van der Waals surface area contributed by atoms with Crippen LogP contribution in [0.4, 0.5) is 24.5 Å². The van der Waals surface area contributed by atoms with Crippen LogP contribution in [0.25, 0.3) is 0 Å². The van der Waals surface area contributed by atoms with Crippen LogP contribution in [0.2, 0.25) is 0 Å². The molecule has 0 bridgehead atoms. The number of halogens is 5. The molecule has 182 valence electrons. The monoisotopic (exact) mass is 500 g/mol. The molecule has 1 aromatic rings. The fraction of sp³-hybridized carbons (Fsp3) is 0.600. The molecule has 2 heterocycles. The van der Waals surface area contributed by atoms with E-state index >= 15 is 0 Å². The molecule has 12 heteroatoms. The summed E-state index contributed by atoms with van der Waals surface area (Å²) in [5.74, 6) is -3.38. The van der Waals surface area contributed by atoms with Crippen molar-refractivity contribution < 1.29 is 27.9 Å². The number of anilines is 2. The lowest BCUT2D eigenvalue weighted by Crippen LogP contribution is -2.51. The fourth-order valence-corrected chi connectivity index (χ4v) is 4.02. The summed E-state index contributed by atoms with van der Waals surface area (Å²) in [6, 6.07) is 3.62. The van der Waals surface area contributed by atoms with E-state index in [1.165, 1.54) is 12.1 Å². The third-order valence-corrected chi connectivity index (χ3v) is 5.85. The van der Waals surface area contributed by atoms with Crippen LogP contribution in [0, 0.1) is 0 Å². The number of likely N-dealkylation sites (tertiary alicyclic amines) is 1. The number of amides is 1. The summed E-state index contributed by atoms with van der Waals surface area (Å²) in [6.45, 7) is 3.99. The summed E-state index contributed by atoms with van der Waals surface area (Å²) in [5, 5.41) is 9.63. The molecule has 2 saturated heterocycles. The van der Waals surface area contributed by atoms with Crippen molar-refractivity contribution in [3.05, 3.63) is 23.8 Å². The minimum atomic E-state index is -5.09. The quantitative estimate of drug-likeness (QED) is 0.685. The van der Waals surface area contributed by atoms with Gasteiger partial charge >= 0.3 is 18.1 Å². The number of benzene rings is 1. The van der Waals surface area contributed by atoms with Crippen LogP contribution < -0.4 is 9.80 Å². The maximum absolute atomic E-state index is 13.5. The molecule has 0 radical (unpaired) electrons. The Morgan fingerprint density at radius 3 is 2.00 bits per heavy atom. The van der Waals surface area contributed by atoms with Crippen LogP contribution in [0.3, 0.4) is 0 Å². The first-order chi connectivity index (χ1) is 14.1. The third kappa shape index (κ3) is 6.40. The molecular weight excluding hydrogens is 472 g/mol. The van der Waals surface area contributed by atoms with Crippen LogP contribution in [0.1, 0.15) is 23.2 Å². The van der Waals surface area contributed by atoms with Gasteiger partial charge in [0.15, 0.2) is 0 Å². The molecule has 2 aliphatic rings. The Morgan fingerprint density at radius 1 is 0.969 bits per heavy atom. The highest BCUT2D eigenvalue weighted by molar-refractivity contribution is 6.05. The van der Waals surface area contributed by atoms with Crippen LogP contribution >= 0.6 is 24.8 Å². The molecule has 0 unspecified atom stereocenters. The van der Waals surface area contributed by atoms with E-state index in [4.69, 9.17) is 0 Å². The fourth-order valence-electron chi connectivity index (χ4n) is 4.02. The third-order valence-electron chi connectivity index (χ3n) is 5.85.